The maximum Gasteiger partial charge on any atom is 0.265 e. The second kappa shape index (κ2) is 10.7. The Balaban J connectivity index is 1.29. The minimum Gasteiger partial charge on any atom is -0.390 e. The summed E-state index contributed by atoms with van der Waals surface area (Å²) in [6, 6.07) is 17.9. The van der Waals surface area contributed by atoms with Crippen molar-refractivity contribution in [2.75, 3.05) is 26.2 Å². The largest absolute Gasteiger partial charge is 0.390 e. The van der Waals surface area contributed by atoms with E-state index in [0.717, 1.165) is 18.4 Å². The molecule has 1 atom stereocenters. The number of amides is 1. The number of hydrogen-bond acceptors (Lipinski definition) is 4. The SMILES string of the molecule is CC1=NC(c2ccc(F)cc2)(c2ccc(F)cc2)C(=O)N1CC(O)CN1CCC(c2ccccc2F)CC1. The zero-order valence-corrected chi connectivity index (χ0v) is 21.2. The van der Waals surface area contributed by atoms with Crippen molar-refractivity contribution in [3.8, 4) is 0 Å². The lowest BCUT2D eigenvalue weighted by molar-refractivity contribution is -0.131. The number of likely N-dealkylation sites (tertiary alicyclic amines) is 1. The number of aliphatic imine (C=N–C) groups is 1. The van der Waals surface area contributed by atoms with Crippen molar-refractivity contribution in [3.05, 3.63) is 107 Å². The van der Waals surface area contributed by atoms with E-state index in [1.807, 2.05) is 12.1 Å². The molecule has 0 radical (unpaired) electrons. The number of piperidine rings is 1. The van der Waals surface area contributed by atoms with E-state index >= 15 is 0 Å². The van der Waals surface area contributed by atoms with Gasteiger partial charge in [0.2, 0.25) is 0 Å². The molecule has 38 heavy (non-hydrogen) atoms. The predicted octanol–water partition coefficient (Wildman–Crippen LogP) is 4.85. The molecule has 0 bridgehead atoms. The van der Waals surface area contributed by atoms with Gasteiger partial charge in [0.25, 0.3) is 5.91 Å². The van der Waals surface area contributed by atoms with Gasteiger partial charge >= 0.3 is 0 Å². The minimum absolute atomic E-state index is 0.0333. The number of carbonyl (C=O) groups is 1. The fourth-order valence-electron chi connectivity index (χ4n) is 5.63. The van der Waals surface area contributed by atoms with Crippen molar-refractivity contribution < 1.29 is 23.1 Å². The Kier molecular flexibility index (Phi) is 7.36. The summed E-state index contributed by atoms with van der Waals surface area (Å²) in [7, 11) is 0. The van der Waals surface area contributed by atoms with Crippen LogP contribution in [0, 0.1) is 17.5 Å². The number of aliphatic hydroxyl groups excluding tert-OH is 1. The van der Waals surface area contributed by atoms with Crippen molar-refractivity contribution in [3.63, 3.8) is 0 Å². The first-order chi connectivity index (χ1) is 18.3. The summed E-state index contributed by atoms with van der Waals surface area (Å²) in [5.74, 6) is -0.892. The van der Waals surface area contributed by atoms with E-state index in [4.69, 9.17) is 4.99 Å². The van der Waals surface area contributed by atoms with Crippen LogP contribution in [0.3, 0.4) is 0 Å². The number of amidine groups is 1. The van der Waals surface area contributed by atoms with Crippen molar-refractivity contribution >= 4 is 11.7 Å². The highest BCUT2D eigenvalue weighted by molar-refractivity contribution is 6.09. The van der Waals surface area contributed by atoms with Crippen LogP contribution in [-0.2, 0) is 10.3 Å². The number of nitrogens with zero attached hydrogens (tertiary/aromatic N) is 3. The Morgan fingerprint density at radius 1 is 0.895 bits per heavy atom. The highest BCUT2D eigenvalue weighted by Gasteiger charge is 2.50. The number of rotatable bonds is 7. The Morgan fingerprint density at radius 2 is 1.45 bits per heavy atom. The van der Waals surface area contributed by atoms with Crippen molar-refractivity contribution in [2.45, 2.75) is 37.3 Å². The lowest BCUT2D eigenvalue weighted by atomic mass is 9.82. The van der Waals surface area contributed by atoms with E-state index in [-0.39, 0.29) is 24.2 Å². The molecule has 198 valence electrons. The molecule has 2 aliphatic heterocycles. The summed E-state index contributed by atoms with van der Waals surface area (Å²) >= 11 is 0. The molecule has 2 heterocycles. The molecule has 0 saturated carbocycles. The lowest BCUT2D eigenvalue weighted by Gasteiger charge is -2.34. The molecular weight excluding hydrogens is 491 g/mol. The number of β-amino-alcohol motifs (C(OH)–C–C–N with tert-alkyl or cyclic N) is 1. The van der Waals surface area contributed by atoms with Crippen LogP contribution in [-0.4, -0.2) is 58.9 Å². The first-order valence-electron chi connectivity index (χ1n) is 12.8. The van der Waals surface area contributed by atoms with Gasteiger partial charge in [0.1, 0.15) is 23.3 Å². The molecule has 2 aliphatic rings. The summed E-state index contributed by atoms with van der Waals surface area (Å²) in [4.78, 5) is 22.2. The van der Waals surface area contributed by atoms with Gasteiger partial charge in [-0.15, -0.1) is 0 Å². The average Bonchev–Trinajstić information content (AvgIpc) is 3.16. The van der Waals surface area contributed by atoms with E-state index in [1.54, 1.807) is 13.0 Å². The molecule has 0 aromatic heterocycles. The Labute approximate surface area is 220 Å². The van der Waals surface area contributed by atoms with Crippen LogP contribution in [0.4, 0.5) is 13.2 Å². The predicted molar refractivity (Wildman–Crippen MR) is 139 cm³/mol. The van der Waals surface area contributed by atoms with Gasteiger partial charge in [-0.1, -0.05) is 42.5 Å². The number of carbonyl (C=O) groups excluding carboxylic acids is 1. The standard InChI is InChI=1S/C30H30F3N3O2/c1-20-34-30(22-6-10-24(31)11-7-22,23-8-12-25(32)13-9-23)29(38)36(20)19-26(37)18-35-16-14-21(15-17-35)27-4-2-3-5-28(27)33/h2-13,21,26,37H,14-19H2,1H3. The maximum atomic E-state index is 14.2. The molecule has 3 aromatic carbocycles. The van der Waals surface area contributed by atoms with Crippen molar-refractivity contribution in [1.82, 2.24) is 9.80 Å². The highest BCUT2D eigenvalue weighted by atomic mass is 19.1. The fourth-order valence-corrected chi connectivity index (χ4v) is 5.63. The van der Waals surface area contributed by atoms with Gasteiger partial charge in [-0.25, -0.2) is 18.2 Å². The molecule has 5 rings (SSSR count). The van der Waals surface area contributed by atoms with E-state index in [0.29, 0.717) is 36.6 Å². The summed E-state index contributed by atoms with van der Waals surface area (Å²) in [5, 5.41) is 11.0. The van der Waals surface area contributed by atoms with Crippen molar-refractivity contribution in [2.24, 2.45) is 4.99 Å². The van der Waals surface area contributed by atoms with Crippen LogP contribution in [0.15, 0.2) is 77.8 Å². The van der Waals surface area contributed by atoms with Gasteiger partial charge < -0.3 is 10.0 Å². The molecule has 1 unspecified atom stereocenters. The molecule has 1 amide bonds. The third kappa shape index (κ3) is 4.98. The normalized spacial score (nSPS) is 19.0. The summed E-state index contributed by atoms with van der Waals surface area (Å²) in [6.45, 7) is 3.52. The topological polar surface area (TPSA) is 56.1 Å². The molecule has 0 spiro atoms. The summed E-state index contributed by atoms with van der Waals surface area (Å²) < 4.78 is 41.6. The highest BCUT2D eigenvalue weighted by Crippen LogP contribution is 2.40. The quantitative estimate of drug-likeness (QED) is 0.484. The molecule has 5 nitrogen and oxygen atoms in total. The Morgan fingerprint density at radius 3 is 2.00 bits per heavy atom. The summed E-state index contributed by atoms with van der Waals surface area (Å²) in [6.07, 6.45) is 0.732. The maximum absolute atomic E-state index is 14.2. The minimum atomic E-state index is -1.50. The van der Waals surface area contributed by atoms with Crippen LogP contribution < -0.4 is 0 Å². The molecule has 0 aliphatic carbocycles. The van der Waals surface area contributed by atoms with Crippen LogP contribution in [0.1, 0.15) is 42.4 Å². The van der Waals surface area contributed by atoms with E-state index < -0.39 is 23.3 Å². The second-order valence-electron chi connectivity index (χ2n) is 10.0. The van der Waals surface area contributed by atoms with Gasteiger partial charge in [-0.3, -0.25) is 9.69 Å². The van der Waals surface area contributed by atoms with Gasteiger partial charge in [0, 0.05) is 6.54 Å². The molecule has 8 heteroatoms. The first kappa shape index (κ1) is 26.1. The van der Waals surface area contributed by atoms with Crippen molar-refractivity contribution in [1.29, 1.82) is 0 Å². The first-order valence-corrected chi connectivity index (χ1v) is 12.8. The zero-order chi connectivity index (χ0) is 26.9. The Bertz CT molecular complexity index is 1270. The lowest BCUT2D eigenvalue weighted by Crippen LogP contribution is -2.47. The van der Waals surface area contributed by atoms with Gasteiger partial charge in [-0.2, -0.15) is 0 Å². The van der Waals surface area contributed by atoms with Crippen LogP contribution in [0.5, 0.6) is 0 Å². The molecular formula is C30H30F3N3O2. The number of benzene rings is 3. The monoisotopic (exact) mass is 521 g/mol. The molecule has 1 saturated heterocycles. The van der Waals surface area contributed by atoms with Crippen LogP contribution >= 0.6 is 0 Å². The number of aliphatic hydroxyl groups is 1. The summed E-state index contributed by atoms with van der Waals surface area (Å²) in [5.41, 5.74) is 0.160. The number of halogens is 3. The third-order valence-electron chi connectivity index (χ3n) is 7.59. The average molecular weight is 522 g/mol. The zero-order valence-electron chi connectivity index (χ0n) is 21.2. The second-order valence-corrected chi connectivity index (χ2v) is 10.0. The number of hydrogen-bond donors (Lipinski definition) is 1. The van der Waals surface area contributed by atoms with Crippen LogP contribution in [0.25, 0.3) is 0 Å². The smallest absolute Gasteiger partial charge is 0.265 e. The van der Waals surface area contributed by atoms with Gasteiger partial charge in [0.15, 0.2) is 5.54 Å². The third-order valence-corrected chi connectivity index (χ3v) is 7.59. The molecule has 3 aromatic rings. The van der Waals surface area contributed by atoms with Gasteiger partial charge in [-0.05, 0) is 85.8 Å². The Hall–Kier alpha value is -3.49. The molecule has 1 N–H and O–H groups in total. The van der Waals surface area contributed by atoms with Gasteiger partial charge in [0.05, 0.1) is 12.6 Å². The molecule has 1 fully saturated rings. The van der Waals surface area contributed by atoms with Crippen LogP contribution in [0.2, 0.25) is 0 Å². The van der Waals surface area contributed by atoms with E-state index in [9.17, 15) is 23.1 Å². The van der Waals surface area contributed by atoms with E-state index in [2.05, 4.69) is 4.90 Å². The van der Waals surface area contributed by atoms with E-state index in [1.165, 1.54) is 59.5 Å². The fraction of sp³-hybridized carbons (Fsp3) is 0.333.